The van der Waals surface area contributed by atoms with Gasteiger partial charge in [-0.3, -0.25) is 0 Å². The number of nitrogens with zero attached hydrogens (tertiary/aromatic N) is 4. The van der Waals surface area contributed by atoms with Crippen molar-refractivity contribution in [1.29, 1.82) is 0 Å². The molecule has 0 N–H and O–H groups in total. The first-order chi connectivity index (χ1) is 7.70. The summed E-state index contributed by atoms with van der Waals surface area (Å²) in [6.45, 7) is 1.76. The van der Waals surface area contributed by atoms with Crippen LogP contribution in [0, 0.1) is 6.92 Å². The average Bonchev–Trinajstić information content (AvgIpc) is 2.27. The lowest BCUT2D eigenvalue weighted by molar-refractivity contribution is 0.397. The smallest absolute Gasteiger partial charge is 0.241 e. The van der Waals surface area contributed by atoms with Crippen molar-refractivity contribution in [2.75, 3.05) is 7.11 Å². The van der Waals surface area contributed by atoms with Gasteiger partial charge in [0.2, 0.25) is 5.88 Å². The van der Waals surface area contributed by atoms with Crippen molar-refractivity contribution in [3.05, 3.63) is 29.4 Å². The highest BCUT2D eigenvalue weighted by molar-refractivity contribution is 6.29. The van der Waals surface area contributed by atoms with Gasteiger partial charge in [-0.25, -0.2) is 19.9 Å². The third kappa shape index (κ3) is 2.09. The fourth-order valence-electron chi connectivity index (χ4n) is 1.30. The molecule has 2 aromatic rings. The molecule has 0 bridgehead atoms. The summed E-state index contributed by atoms with van der Waals surface area (Å²) in [6.07, 6.45) is 3.13. The Morgan fingerprint density at radius 3 is 2.62 bits per heavy atom. The minimum Gasteiger partial charge on any atom is -0.479 e. The van der Waals surface area contributed by atoms with E-state index in [0.29, 0.717) is 28.2 Å². The van der Waals surface area contributed by atoms with Gasteiger partial charge < -0.3 is 4.74 Å². The van der Waals surface area contributed by atoms with E-state index in [1.54, 1.807) is 25.4 Å². The number of aromatic nitrogens is 4. The lowest BCUT2D eigenvalue weighted by atomic mass is 10.3. The molecule has 0 amide bonds. The number of methoxy groups -OCH3 is 1. The summed E-state index contributed by atoms with van der Waals surface area (Å²) >= 11 is 5.86. The van der Waals surface area contributed by atoms with Crippen LogP contribution in [0.1, 0.15) is 5.82 Å². The third-order valence-electron chi connectivity index (χ3n) is 1.91. The number of halogens is 1. The van der Waals surface area contributed by atoms with Gasteiger partial charge in [0.1, 0.15) is 11.0 Å². The molecule has 2 aromatic heterocycles. The quantitative estimate of drug-likeness (QED) is 0.746. The van der Waals surface area contributed by atoms with Crippen molar-refractivity contribution < 1.29 is 4.74 Å². The van der Waals surface area contributed by atoms with Gasteiger partial charge >= 0.3 is 0 Å². The lowest BCUT2D eigenvalue weighted by Gasteiger charge is -2.05. The minimum atomic E-state index is 0.371. The van der Waals surface area contributed by atoms with E-state index in [4.69, 9.17) is 16.3 Å². The Kier molecular flexibility index (Phi) is 2.96. The van der Waals surface area contributed by atoms with Gasteiger partial charge in [0.25, 0.3) is 0 Å². The first-order valence-electron chi connectivity index (χ1n) is 4.57. The Bertz CT molecular complexity index is 498. The summed E-state index contributed by atoms with van der Waals surface area (Å²) in [4.78, 5) is 16.4. The van der Waals surface area contributed by atoms with Gasteiger partial charge in [0, 0.05) is 18.5 Å². The number of rotatable bonds is 2. The minimum absolute atomic E-state index is 0.371. The zero-order valence-electron chi connectivity index (χ0n) is 8.81. The van der Waals surface area contributed by atoms with Crippen LogP contribution in [0.2, 0.25) is 5.15 Å². The van der Waals surface area contributed by atoms with Gasteiger partial charge in [-0.15, -0.1) is 0 Å². The third-order valence-corrected chi connectivity index (χ3v) is 2.10. The van der Waals surface area contributed by atoms with Crippen molar-refractivity contribution in [2.45, 2.75) is 6.92 Å². The van der Waals surface area contributed by atoms with Crippen LogP contribution < -0.4 is 4.74 Å². The van der Waals surface area contributed by atoms with Crippen molar-refractivity contribution in [3.63, 3.8) is 0 Å². The second kappa shape index (κ2) is 4.40. The van der Waals surface area contributed by atoms with Crippen LogP contribution in [0.15, 0.2) is 18.5 Å². The first-order valence-corrected chi connectivity index (χ1v) is 4.95. The molecular formula is C10H9ClN4O. The van der Waals surface area contributed by atoms with E-state index >= 15 is 0 Å². The lowest BCUT2D eigenvalue weighted by Crippen LogP contribution is -1.97. The van der Waals surface area contributed by atoms with Crippen LogP contribution in [-0.4, -0.2) is 27.0 Å². The Labute approximate surface area is 97.5 Å². The number of hydrogen-bond donors (Lipinski definition) is 0. The summed E-state index contributed by atoms with van der Waals surface area (Å²) in [6, 6.07) is 1.63. The summed E-state index contributed by atoms with van der Waals surface area (Å²) in [5, 5.41) is 0.371. The Morgan fingerprint density at radius 2 is 1.94 bits per heavy atom. The van der Waals surface area contributed by atoms with Crippen LogP contribution in [0.5, 0.6) is 5.88 Å². The summed E-state index contributed by atoms with van der Waals surface area (Å²) in [7, 11) is 1.53. The zero-order chi connectivity index (χ0) is 11.5. The van der Waals surface area contributed by atoms with E-state index in [-0.39, 0.29) is 0 Å². The molecule has 0 fully saturated rings. The maximum absolute atomic E-state index is 5.86. The Morgan fingerprint density at radius 1 is 1.19 bits per heavy atom. The Hall–Kier alpha value is -1.75. The van der Waals surface area contributed by atoms with E-state index in [1.807, 2.05) is 0 Å². The normalized spacial score (nSPS) is 10.2. The zero-order valence-corrected chi connectivity index (χ0v) is 9.56. The molecule has 0 unspecified atom stereocenters. The van der Waals surface area contributed by atoms with Gasteiger partial charge in [-0.2, -0.15) is 0 Å². The molecule has 0 saturated carbocycles. The van der Waals surface area contributed by atoms with E-state index in [1.165, 1.54) is 7.11 Å². The molecule has 2 rings (SSSR count). The first kappa shape index (κ1) is 10.8. The average molecular weight is 237 g/mol. The molecule has 2 heterocycles. The van der Waals surface area contributed by atoms with Crippen LogP contribution in [-0.2, 0) is 0 Å². The van der Waals surface area contributed by atoms with Gasteiger partial charge in [0.15, 0.2) is 5.69 Å². The highest BCUT2D eigenvalue weighted by Gasteiger charge is 2.11. The molecule has 5 nitrogen and oxygen atoms in total. The second-order valence-electron chi connectivity index (χ2n) is 3.04. The highest BCUT2D eigenvalue weighted by Crippen LogP contribution is 2.24. The largest absolute Gasteiger partial charge is 0.479 e. The molecule has 0 aliphatic rings. The van der Waals surface area contributed by atoms with Crippen LogP contribution in [0.3, 0.4) is 0 Å². The molecule has 0 spiro atoms. The SMILES string of the molecule is COc1nccnc1-c1cc(Cl)nc(C)n1. The molecule has 6 heteroatoms. The van der Waals surface area contributed by atoms with Gasteiger partial charge in [0.05, 0.1) is 12.8 Å². The fraction of sp³-hybridized carbons (Fsp3) is 0.200. The maximum Gasteiger partial charge on any atom is 0.241 e. The maximum atomic E-state index is 5.86. The molecule has 82 valence electrons. The van der Waals surface area contributed by atoms with Crippen molar-refractivity contribution in [1.82, 2.24) is 19.9 Å². The Balaban J connectivity index is 2.58. The standard InChI is InChI=1S/C10H9ClN4O/c1-6-14-7(5-8(11)15-6)9-10(16-2)13-4-3-12-9/h3-5H,1-2H3. The number of hydrogen-bond acceptors (Lipinski definition) is 5. The molecule has 0 aliphatic carbocycles. The van der Waals surface area contributed by atoms with Crippen LogP contribution in [0.25, 0.3) is 11.4 Å². The van der Waals surface area contributed by atoms with E-state index in [2.05, 4.69) is 19.9 Å². The number of ether oxygens (including phenoxy) is 1. The van der Waals surface area contributed by atoms with Gasteiger partial charge in [-0.05, 0) is 6.92 Å². The fourth-order valence-corrected chi connectivity index (χ4v) is 1.53. The van der Waals surface area contributed by atoms with Crippen molar-refractivity contribution in [3.8, 4) is 17.3 Å². The summed E-state index contributed by atoms with van der Waals surface area (Å²) < 4.78 is 5.10. The topological polar surface area (TPSA) is 60.8 Å². The molecule has 0 saturated heterocycles. The molecular weight excluding hydrogens is 228 g/mol. The molecule has 0 radical (unpaired) electrons. The number of aryl methyl sites for hydroxylation is 1. The van der Waals surface area contributed by atoms with Crippen LogP contribution in [0.4, 0.5) is 0 Å². The second-order valence-corrected chi connectivity index (χ2v) is 3.42. The molecule has 0 atom stereocenters. The van der Waals surface area contributed by atoms with Crippen molar-refractivity contribution >= 4 is 11.6 Å². The van der Waals surface area contributed by atoms with E-state index in [9.17, 15) is 0 Å². The summed E-state index contributed by atoms with van der Waals surface area (Å²) in [5.41, 5.74) is 1.15. The summed E-state index contributed by atoms with van der Waals surface area (Å²) in [5.74, 6) is 0.992. The molecule has 0 aliphatic heterocycles. The van der Waals surface area contributed by atoms with E-state index in [0.717, 1.165) is 0 Å². The predicted molar refractivity (Wildman–Crippen MR) is 59.4 cm³/mol. The highest BCUT2D eigenvalue weighted by atomic mass is 35.5. The van der Waals surface area contributed by atoms with Crippen molar-refractivity contribution in [2.24, 2.45) is 0 Å². The molecule has 0 aromatic carbocycles. The van der Waals surface area contributed by atoms with Gasteiger partial charge in [-0.1, -0.05) is 11.6 Å². The van der Waals surface area contributed by atoms with E-state index < -0.39 is 0 Å². The molecule has 16 heavy (non-hydrogen) atoms. The predicted octanol–water partition coefficient (Wildman–Crippen LogP) is 1.90. The van der Waals surface area contributed by atoms with Crippen LogP contribution >= 0.6 is 11.6 Å². The monoisotopic (exact) mass is 236 g/mol.